The lowest BCUT2D eigenvalue weighted by molar-refractivity contribution is -0.140. The fraction of sp³-hybridized carbons (Fsp3) is 0.412. The number of rotatable bonds is 5. The third-order valence-corrected chi connectivity index (χ3v) is 4.46. The molecule has 0 amide bonds. The lowest BCUT2D eigenvalue weighted by Gasteiger charge is -2.25. The molecule has 0 saturated carbocycles. The Hall–Kier alpha value is -2.19. The number of esters is 1. The fourth-order valence-corrected chi connectivity index (χ4v) is 3.10. The van der Waals surface area contributed by atoms with Crippen LogP contribution >= 0.6 is 11.8 Å². The van der Waals surface area contributed by atoms with E-state index >= 15 is 0 Å². The number of nitrogens with zero attached hydrogens (tertiary/aromatic N) is 1. The number of nitrogens with one attached hydrogen (secondary N) is 1. The first kappa shape index (κ1) is 17.6. The zero-order valence-electron chi connectivity index (χ0n) is 14.3. The fourth-order valence-electron chi connectivity index (χ4n) is 2.64. The van der Waals surface area contributed by atoms with E-state index in [1.807, 2.05) is 31.4 Å². The zero-order chi connectivity index (χ0) is 17.8. The molecule has 0 spiro atoms. The van der Waals surface area contributed by atoms with Crippen LogP contribution in [0.4, 0.5) is 0 Å². The van der Waals surface area contributed by atoms with Gasteiger partial charge < -0.3 is 24.3 Å². The Bertz CT molecular complexity index is 732. The summed E-state index contributed by atoms with van der Waals surface area (Å²) >= 11 is 1.49. The quantitative estimate of drug-likeness (QED) is 0.634. The number of allylic oxidation sites excluding steroid dienone is 1. The topological polar surface area (TPSA) is 78.4 Å². The van der Waals surface area contributed by atoms with Crippen molar-refractivity contribution >= 4 is 22.9 Å². The monoisotopic (exact) mass is 364 g/mol. The third kappa shape index (κ3) is 3.74. The molecule has 2 aliphatic rings. The standard InChI is InChI=1S/C17H20N2O5S/c1-10-14(16(20)22-7-6-21-2)15(19-17(18-10)25-3)11-4-5-12-13(8-11)24-9-23-12/h4-5,8,15H,6-7,9H2,1-3H3,(H,18,19). The van der Waals surface area contributed by atoms with Crippen LogP contribution in [-0.4, -0.2) is 44.5 Å². The molecule has 1 N–H and O–H groups in total. The maximum absolute atomic E-state index is 12.6. The molecule has 0 aliphatic carbocycles. The largest absolute Gasteiger partial charge is 0.460 e. The molecule has 25 heavy (non-hydrogen) atoms. The Balaban J connectivity index is 1.92. The van der Waals surface area contributed by atoms with Crippen molar-refractivity contribution in [1.82, 2.24) is 5.32 Å². The Morgan fingerprint density at radius 2 is 2.16 bits per heavy atom. The van der Waals surface area contributed by atoms with Crippen LogP contribution in [0, 0.1) is 0 Å². The Kier molecular flexibility index (Phi) is 5.50. The van der Waals surface area contributed by atoms with E-state index in [0.29, 0.717) is 23.7 Å². The predicted molar refractivity (Wildman–Crippen MR) is 94.9 cm³/mol. The first-order chi connectivity index (χ1) is 12.1. The van der Waals surface area contributed by atoms with E-state index < -0.39 is 12.0 Å². The molecule has 0 radical (unpaired) electrons. The summed E-state index contributed by atoms with van der Waals surface area (Å²) < 4.78 is 21.0. The van der Waals surface area contributed by atoms with Crippen molar-refractivity contribution in [3.63, 3.8) is 0 Å². The molecule has 1 atom stereocenters. The molecule has 2 heterocycles. The predicted octanol–water partition coefficient (Wildman–Crippen LogP) is 2.24. The normalized spacial score (nSPS) is 18.7. The molecule has 0 aromatic heterocycles. The Morgan fingerprint density at radius 1 is 1.36 bits per heavy atom. The highest BCUT2D eigenvalue weighted by atomic mass is 32.2. The van der Waals surface area contributed by atoms with Crippen molar-refractivity contribution < 1.29 is 23.7 Å². The van der Waals surface area contributed by atoms with Crippen LogP contribution in [0.3, 0.4) is 0 Å². The third-order valence-electron chi connectivity index (χ3n) is 3.86. The SMILES string of the molecule is COCCOC(=O)C1=C(C)NC(SC)=NC1c1ccc2c(c1)OCO2. The van der Waals surface area contributed by atoms with Gasteiger partial charge in [0.25, 0.3) is 0 Å². The second kappa shape index (κ2) is 7.79. The van der Waals surface area contributed by atoms with E-state index in [4.69, 9.17) is 18.9 Å². The number of carbonyl (C=O) groups excluding carboxylic acids is 1. The summed E-state index contributed by atoms with van der Waals surface area (Å²) in [4.78, 5) is 17.2. The van der Waals surface area contributed by atoms with E-state index in [9.17, 15) is 4.79 Å². The van der Waals surface area contributed by atoms with Crippen molar-refractivity contribution in [3.8, 4) is 11.5 Å². The number of benzene rings is 1. The van der Waals surface area contributed by atoms with Gasteiger partial charge in [-0.1, -0.05) is 17.8 Å². The molecule has 0 fully saturated rings. The van der Waals surface area contributed by atoms with Crippen molar-refractivity contribution in [2.24, 2.45) is 4.99 Å². The molecule has 0 saturated heterocycles. The summed E-state index contributed by atoms with van der Waals surface area (Å²) in [5.41, 5.74) is 2.05. The summed E-state index contributed by atoms with van der Waals surface area (Å²) in [6.07, 6.45) is 1.93. The molecule has 8 heteroatoms. The van der Waals surface area contributed by atoms with Gasteiger partial charge in [0.2, 0.25) is 6.79 Å². The van der Waals surface area contributed by atoms with Gasteiger partial charge in [-0.25, -0.2) is 9.79 Å². The van der Waals surface area contributed by atoms with Crippen molar-refractivity contribution in [1.29, 1.82) is 0 Å². The van der Waals surface area contributed by atoms with Crippen LogP contribution in [0.25, 0.3) is 0 Å². The van der Waals surface area contributed by atoms with Crippen LogP contribution in [0.1, 0.15) is 18.5 Å². The maximum Gasteiger partial charge on any atom is 0.338 e. The van der Waals surface area contributed by atoms with Gasteiger partial charge in [-0.2, -0.15) is 0 Å². The first-order valence-electron chi connectivity index (χ1n) is 7.79. The molecule has 1 aromatic carbocycles. The molecule has 134 valence electrons. The van der Waals surface area contributed by atoms with Crippen molar-refractivity contribution in [2.75, 3.05) is 33.4 Å². The number of methoxy groups -OCH3 is 1. The average molecular weight is 364 g/mol. The first-order valence-corrected chi connectivity index (χ1v) is 9.01. The summed E-state index contributed by atoms with van der Waals surface area (Å²) in [6.45, 7) is 2.58. The van der Waals surface area contributed by atoms with E-state index in [0.717, 1.165) is 16.4 Å². The van der Waals surface area contributed by atoms with Gasteiger partial charge in [-0.3, -0.25) is 0 Å². The van der Waals surface area contributed by atoms with Crippen molar-refractivity contribution in [2.45, 2.75) is 13.0 Å². The van der Waals surface area contributed by atoms with E-state index in [2.05, 4.69) is 10.3 Å². The highest BCUT2D eigenvalue weighted by Crippen LogP contribution is 2.39. The van der Waals surface area contributed by atoms with Gasteiger partial charge in [-0.15, -0.1) is 0 Å². The van der Waals surface area contributed by atoms with Crippen LogP contribution in [0.15, 0.2) is 34.5 Å². The Morgan fingerprint density at radius 3 is 2.92 bits per heavy atom. The van der Waals surface area contributed by atoms with Crippen LogP contribution in [0.5, 0.6) is 11.5 Å². The average Bonchev–Trinajstić information content (AvgIpc) is 3.08. The minimum absolute atomic E-state index is 0.194. The number of aliphatic imine (C=N–C) groups is 1. The van der Waals surface area contributed by atoms with Gasteiger partial charge in [-0.05, 0) is 30.9 Å². The second-order valence-corrected chi connectivity index (χ2v) is 6.24. The van der Waals surface area contributed by atoms with E-state index in [1.165, 1.54) is 11.8 Å². The van der Waals surface area contributed by atoms with Crippen LogP contribution in [-0.2, 0) is 14.3 Å². The van der Waals surface area contributed by atoms with Gasteiger partial charge >= 0.3 is 5.97 Å². The highest BCUT2D eigenvalue weighted by molar-refractivity contribution is 8.13. The summed E-state index contributed by atoms with van der Waals surface area (Å²) in [5.74, 6) is 0.937. The van der Waals surface area contributed by atoms with Gasteiger partial charge in [0.1, 0.15) is 12.6 Å². The van der Waals surface area contributed by atoms with Gasteiger partial charge in [0.15, 0.2) is 16.7 Å². The lowest BCUT2D eigenvalue weighted by Crippen LogP contribution is -2.30. The lowest BCUT2D eigenvalue weighted by atomic mass is 9.96. The smallest absolute Gasteiger partial charge is 0.338 e. The number of hydrogen-bond acceptors (Lipinski definition) is 8. The molecule has 1 unspecified atom stereocenters. The van der Waals surface area contributed by atoms with Crippen molar-refractivity contribution in [3.05, 3.63) is 35.0 Å². The number of hydrogen-bond donors (Lipinski definition) is 1. The summed E-state index contributed by atoms with van der Waals surface area (Å²) in [6, 6.07) is 5.11. The molecule has 0 bridgehead atoms. The molecular formula is C17H20N2O5S. The van der Waals surface area contributed by atoms with Gasteiger partial charge in [0, 0.05) is 12.8 Å². The maximum atomic E-state index is 12.6. The van der Waals surface area contributed by atoms with E-state index in [-0.39, 0.29) is 13.4 Å². The second-order valence-electron chi connectivity index (χ2n) is 5.45. The minimum atomic E-state index is -0.465. The number of carbonyl (C=O) groups is 1. The highest BCUT2D eigenvalue weighted by Gasteiger charge is 2.31. The summed E-state index contributed by atoms with van der Waals surface area (Å²) in [7, 11) is 1.56. The number of ether oxygens (including phenoxy) is 4. The number of thioether (sulfide) groups is 1. The molecule has 3 rings (SSSR count). The molecular weight excluding hydrogens is 344 g/mol. The summed E-state index contributed by atoms with van der Waals surface area (Å²) in [5, 5.41) is 3.89. The minimum Gasteiger partial charge on any atom is -0.460 e. The molecule has 1 aromatic rings. The Labute approximate surface area is 150 Å². The molecule has 7 nitrogen and oxygen atoms in total. The number of fused-ring (bicyclic) bond motifs is 1. The van der Waals surface area contributed by atoms with Crippen LogP contribution in [0.2, 0.25) is 0 Å². The van der Waals surface area contributed by atoms with Gasteiger partial charge in [0.05, 0.1) is 12.2 Å². The molecule has 2 aliphatic heterocycles. The van der Waals surface area contributed by atoms with Crippen LogP contribution < -0.4 is 14.8 Å². The zero-order valence-corrected chi connectivity index (χ0v) is 15.1. The van der Waals surface area contributed by atoms with E-state index in [1.54, 1.807) is 7.11 Å². The number of amidine groups is 1.